The summed E-state index contributed by atoms with van der Waals surface area (Å²) in [5.74, 6) is -0.429. The molecule has 1 rings (SSSR count). The lowest BCUT2D eigenvalue weighted by molar-refractivity contribution is 0.0671. The Balaban J connectivity index is 3.14. The lowest BCUT2D eigenvalue weighted by Gasteiger charge is -2.14. The molecule has 0 fully saturated rings. The fourth-order valence-corrected chi connectivity index (χ4v) is 1.53. The van der Waals surface area contributed by atoms with Crippen molar-refractivity contribution in [3.05, 3.63) is 23.3 Å². The molecule has 0 amide bonds. The molecule has 0 spiro atoms. The Morgan fingerprint density at radius 1 is 1.47 bits per heavy atom. The number of carboxylic acids is 1. The van der Waals surface area contributed by atoms with Crippen molar-refractivity contribution in [3.63, 3.8) is 0 Å². The smallest absolute Gasteiger partial charge is 0.339 e. The molecule has 1 N–H and O–H groups in total. The van der Waals surface area contributed by atoms with Crippen molar-refractivity contribution in [2.45, 2.75) is 39.7 Å². The van der Waals surface area contributed by atoms with E-state index in [1.54, 1.807) is 0 Å². The van der Waals surface area contributed by atoms with Crippen molar-refractivity contribution in [2.75, 3.05) is 6.61 Å². The zero-order valence-electron chi connectivity index (χ0n) is 10.6. The molecule has 0 aromatic carbocycles. The summed E-state index contributed by atoms with van der Waals surface area (Å²) in [7, 11) is 0. The van der Waals surface area contributed by atoms with Gasteiger partial charge in [-0.3, -0.25) is 0 Å². The van der Waals surface area contributed by atoms with Crippen molar-refractivity contribution in [3.8, 4) is 0 Å². The van der Waals surface area contributed by atoms with Gasteiger partial charge in [-0.2, -0.15) is 0 Å². The zero-order valence-corrected chi connectivity index (χ0v) is 10.6. The summed E-state index contributed by atoms with van der Waals surface area (Å²) in [6, 6.07) is 0. The van der Waals surface area contributed by atoms with E-state index in [1.165, 1.54) is 6.20 Å². The molecule has 5 heteroatoms. The number of hydrogen-bond acceptors (Lipinski definition) is 4. The summed E-state index contributed by atoms with van der Waals surface area (Å²) in [5.41, 5.74) is 0.710. The Morgan fingerprint density at radius 2 is 2.12 bits per heavy atom. The maximum absolute atomic E-state index is 11.0. The number of aromatic carboxylic acids is 1. The minimum atomic E-state index is -0.996. The van der Waals surface area contributed by atoms with E-state index < -0.39 is 5.97 Å². The molecule has 1 unspecified atom stereocenters. The number of aromatic nitrogens is 2. The summed E-state index contributed by atoms with van der Waals surface area (Å²) in [4.78, 5) is 19.4. The second-order valence-electron chi connectivity index (χ2n) is 4.08. The number of ether oxygens (including phenoxy) is 1. The highest BCUT2D eigenvalue weighted by atomic mass is 16.5. The van der Waals surface area contributed by atoms with Gasteiger partial charge in [-0.05, 0) is 19.8 Å². The third-order valence-corrected chi connectivity index (χ3v) is 2.39. The van der Waals surface area contributed by atoms with Gasteiger partial charge < -0.3 is 9.84 Å². The number of rotatable bonds is 5. The summed E-state index contributed by atoms with van der Waals surface area (Å²) in [6.45, 7) is 8.13. The predicted molar refractivity (Wildman–Crippen MR) is 63.1 cm³/mol. The monoisotopic (exact) mass is 238 g/mol. The van der Waals surface area contributed by atoms with Crippen LogP contribution in [-0.2, 0) is 4.74 Å². The number of hydrogen-bond donors (Lipinski definition) is 1. The number of carbonyl (C=O) groups is 1. The maximum atomic E-state index is 11.0. The molecule has 0 saturated carbocycles. The third kappa shape index (κ3) is 3.23. The Hall–Kier alpha value is -1.49. The standard InChI is InChI=1S/C12H18N2O3/c1-5-17-8(4)11-13-6-9(12(15)16)10(14-11)7(2)3/h6-8H,5H2,1-4H3,(H,15,16). The molecule has 17 heavy (non-hydrogen) atoms. The largest absolute Gasteiger partial charge is 0.478 e. The second kappa shape index (κ2) is 5.72. The van der Waals surface area contributed by atoms with Gasteiger partial charge in [0.15, 0.2) is 5.82 Å². The fourth-order valence-electron chi connectivity index (χ4n) is 1.53. The van der Waals surface area contributed by atoms with Crippen LogP contribution in [0.1, 0.15) is 61.6 Å². The first kappa shape index (κ1) is 13.6. The molecule has 94 valence electrons. The Bertz CT molecular complexity index is 405. The Labute approximate surface area is 101 Å². The van der Waals surface area contributed by atoms with Crippen LogP contribution >= 0.6 is 0 Å². The highest BCUT2D eigenvalue weighted by molar-refractivity contribution is 5.88. The zero-order chi connectivity index (χ0) is 13.0. The van der Waals surface area contributed by atoms with Crippen molar-refractivity contribution >= 4 is 5.97 Å². The van der Waals surface area contributed by atoms with Crippen LogP contribution in [-0.4, -0.2) is 27.7 Å². The molecule has 5 nitrogen and oxygen atoms in total. The van der Waals surface area contributed by atoms with E-state index in [1.807, 2.05) is 27.7 Å². The number of nitrogens with zero attached hydrogens (tertiary/aromatic N) is 2. The average molecular weight is 238 g/mol. The van der Waals surface area contributed by atoms with Gasteiger partial charge in [0.05, 0.1) is 11.3 Å². The van der Waals surface area contributed by atoms with Gasteiger partial charge in [-0.1, -0.05) is 13.8 Å². The van der Waals surface area contributed by atoms with Crippen LogP contribution in [0.15, 0.2) is 6.20 Å². The van der Waals surface area contributed by atoms with Crippen LogP contribution < -0.4 is 0 Å². The second-order valence-corrected chi connectivity index (χ2v) is 4.08. The van der Waals surface area contributed by atoms with E-state index in [0.717, 1.165) is 0 Å². The van der Waals surface area contributed by atoms with Gasteiger partial charge in [0, 0.05) is 12.8 Å². The van der Waals surface area contributed by atoms with Crippen molar-refractivity contribution in [1.29, 1.82) is 0 Å². The summed E-state index contributed by atoms with van der Waals surface area (Å²) in [6.07, 6.45) is 1.13. The normalized spacial score (nSPS) is 12.8. The molecule has 1 aromatic heterocycles. The van der Waals surface area contributed by atoms with Crippen LogP contribution in [0.25, 0.3) is 0 Å². The van der Waals surface area contributed by atoms with Crippen LogP contribution in [0.4, 0.5) is 0 Å². The minimum Gasteiger partial charge on any atom is -0.478 e. The average Bonchev–Trinajstić information content (AvgIpc) is 2.28. The van der Waals surface area contributed by atoms with E-state index in [4.69, 9.17) is 9.84 Å². The highest BCUT2D eigenvalue weighted by Gasteiger charge is 2.18. The molecular weight excluding hydrogens is 220 g/mol. The molecular formula is C12H18N2O3. The van der Waals surface area contributed by atoms with Crippen LogP contribution in [0.2, 0.25) is 0 Å². The van der Waals surface area contributed by atoms with Crippen molar-refractivity contribution in [2.24, 2.45) is 0 Å². The Morgan fingerprint density at radius 3 is 2.59 bits per heavy atom. The first-order chi connectivity index (χ1) is 7.97. The van der Waals surface area contributed by atoms with Crippen molar-refractivity contribution in [1.82, 2.24) is 9.97 Å². The van der Waals surface area contributed by atoms with E-state index >= 15 is 0 Å². The molecule has 0 saturated heterocycles. The first-order valence-electron chi connectivity index (χ1n) is 5.69. The molecule has 0 aliphatic carbocycles. The fraction of sp³-hybridized carbons (Fsp3) is 0.583. The van der Waals surface area contributed by atoms with Gasteiger partial charge in [-0.15, -0.1) is 0 Å². The molecule has 0 radical (unpaired) electrons. The minimum absolute atomic E-state index is 0.0386. The van der Waals surface area contributed by atoms with Crippen LogP contribution in [0.5, 0.6) is 0 Å². The van der Waals surface area contributed by atoms with E-state index in [2.05, 4.69) is 9.97 Å². The molecule has 1 heterocycles. The summed E-state index contributed by atoms with van der Waals surface area (Å²) >= 11 is 0. The maximum Gasteiger partial charge on any atom is 0.339 e. The highest BCUT2D eigenvalue weighted by Crippen LogP contribution is 2.20. The molecule has 1 aromatic rings. The van der Waals surface area contributed by atoms with Gasteiger partial charge >= 0.3 is 5.97 Å². The van der Waals surface area contributed by atoms with E-state index in [9.17, 15) is 4.79 Å². The Kier molecular flexibility index (Phi) is 4.57. The quantitative estimate of drug-likeness (QED) is 0.852. The van der Waals surface area contributed by atoms with Gasteiger partial charge in [0.25, 0.3) is 0 Å². The molecule has 0 aliphatic heterocycles. The molecule has 1 atom stereocenters. The van der Waals surface area contributed by atoms with E-state index in [0.29, 0.717) is 18.1 Å². The lowest BCUT2D eigenvalue weighted by Crippen LogP contribution is -2.13. The van der Waals surface area contributed by atoms with Gasteiger partial charge in [0.2, 0.25) is 0 Å². The van der Waals surface area contributed by atoms with Crippen LogP contribution in [0, 0.1) is 0 Å². The predicted octanol–water partition coefficient (Wildman–Crippen LogP) is 2.40. The summed E-state index contributed by atoms with van der Waals surface area (Å²) < 4.78 is 5.39. The third-order valence-electron chi connectivity index (χ3n) is 2.39. The van der Waals surface area contributed by atoms with E-state index in [-0.39, 0.29) is 17.6 Å². The van der Waals surface area contributed by atoms with Gasteiger partial charge in [-0.25, -0.2) is 14.8 Å². The summed E-state index contributed by atoms with van der Waals surface area (Å²) in [5, 5.41) is 9.04. The first-order valence-corrected chi connectivity index (χ1v) is 5.69. The van der Waals surface area contributed by atoms with Crippen molar-refractivity contribution < 1.29 is 14.6 Å². The van der Waals surface area contributed by atoms with Crippen LogP contribution in [0.3, 0.4) is 0 Å². The lowest BCUT2D eigenvalue weighted by atomic mass is 10.1. The number of carboxylic acid groups (broad SMARTS) is 1. The molecule has 0 aliphatic rings. The SMILES string of the molecule is CCOC(C)c1ncc(C(=O)O)c(C(C)C)n1. The van der Waals surface area contributed by atoms with Gasteiger partial charge in [0.1, 0.15) is 6.10 Å². The topological polar surface area (TPSA) is 72.3 Å². The molecule has 0 bridgehead atoms.